The van der Waals surface area contributed by atoms with Gasteiger partial charge in [-0.25, -0.2) is 4.79 Å². The molecule has 1 rings (SSSR count). The average molecular weight is 173 g/mol. The minimum atomic E-state index is -0.888. The molecular weight excluding hydrogens is 158 g/mol. The Kier molecular flexibility index (Phi) is 2.57. The van der Waals surface area contributed by atoms with Crippen LogP contribution in [0.25, 0.3) is 0 Å². The van der Waals surface area contributed by atoms with Crippen molar-refractivity contribution in [3.8, 4) is 0 Å². The Morgan fingerprint density at radius 3 is 2.58 bits per heavy atom. The molecule has 4 nitrogen and oxygen atoms in total. The van der Waals surface area contributed by atoms with Crippen molar-refractivity contribution in [3.63, 3.8) is 0 Å². The first kappa shape index (κ1) is 9.32. The number of hydrogen-bond acceptors (Lipinski definition) is 2. The summed E-state index contributed by atoms with van der Waals surface area (Å²) in [6.45, 7) is 4.13. The van der Waals surface area contributed by atoms with Crippen molar-refractivity contribution in [2.45, 2.75) is 32.4 Å². The molecule has 4 heteroatoms. The van der Waals surface area contributed by atoms with Crippen molar-refractivity contribution in [3.05, 3.63) is 0 Å². The summed E-state index contributed by atoms with van der Waals surface area (Å²) >= 11 is 0. The molecule has 1 aliphatic rings. The van der Waals surface area contributed by atoms with Crippen LogP contribution < -0.4 is 0 Å². The van der Waals surface area contributed by atoms with E-state index in [4.69, 9.17) is 5.11 Å². The molecule has 0 aromatic carbocycles. The maximum Gasteiger partial charge on any atom is 0.407 e. The smallest absolute Gasteiger partial charge is 0.407 e. The molecule has 1 saturated heterocycles. The molecule has 0 spiro atoms. The van der Waals surface area contributed by atoms with Gasteiger partial charge in [0.05, 0.1) is 6.10 Å². The van der Waals surface area contributed by atoms with Crippen LogP contribution in [0.2, 0.25) is 0 Å². The third kappa shape index (κ3) is 1.69. The molecule has 0 aromatic heterocycles. The Balaban J connectivity index is 2.61. The van der Waals surface area contributed by atoms with Crippen molar-refractivity contribution in [1.29, 1.82) is 0 Å². The lowest BCUT2D eigenvalue weighted by Gasteiger charge is -2.37. The van der Waals surface area contributed by atoms with E-state index in [0.717, 1.165) is 0 Å². The summed E-state index contributed by atoms with van der Waals surface area (Å²) in [5.74, 6) is 0.0531. The number of piperidine rings is 1. The molecule has 12 heavy (non-hydrogen) atoms. The highest BCUT2D eigenvalue weighted by molar-refractivity contribution is 5.65. The average Bonchev–Trinajstić information content (AvgIpc) is 1.96. The molecule has 0 aliphatic carbocycles. The molecule has 1 fully saturated rings. The minimum Gasteiger partial charge on any atom is -0.465 e. The van der Waals surface area contributed by atoms with Crippen molar-refractivity contribution >= 4 is 6.09 Å². The summed E-state index contributed by atoms with van der Waals surface area (Å²) in [5.41, 5.74) is 0. The van der Waals surface area contributed by atoms with Crippen LogP contribution in [-0.4, -0.2) is 39.9 Å². The molecule has 0 aromatic rings. The zero-order chi connectivity index (χ0) is 9.30. The third-order valence-corrected chi connectivity index (χ3v) is 2.50. The lowest BCUT2D eigenvalue weighted by atomic mass is 9.92. The lowest BCUT2D eigenvalue weighted by molar-refractivity contribution is 0.0115. The Morgan fingerprint density at radius 1 is 1.50 bits per heavy atom. The van der Waals surface area contributed by atoms with E-state index in [9.17, 15) is 9.90 Å². The van der Waals surface area contributed by atoms with Gasteiger partial charge in [0.15, 0.2) is 0 Å². The zero-order valence-electron chi connectivity index (χ0n) is 7.40. The van der Waals surface area contributed by atoms with Crippen LogP contribution in [0, 0.1) is 5.92 Å². The van der Waals surface area contributed by atoms with Gasteiger partial charge in [-0.05, 0) is 19.3 Å². The summed E-state index contributed by atoms with van der Waals surface area (Å²) in [7, 11) is 0. The summed E-state index contributed by atoms with van der Waals surface area (Å²) in [6.07, 6.45) is -0.690. The second-order valence-electron chi connectivity index (χ2n) is 3.56. The standard InChI is InChI=1S/C8H15NO3/c1-5-4-9(8(11)12)6(2)3-7(5)10/h5-7,10H,3-4H2,1-2H3,(H,11,12). The summed E-state index contributed by atoms with van der Waals surface area (Å²) in [5, 5.41) is 18.2. The predicted molar refractivity (Wildman–Crippen MR) is 44.0 cm³/mol. The third-order valence-electron chi connectivity index (χ3n) is 2.50. The number of hydrogen-bond donors (Lipinski definition) is 2. The van der Waals surface area contributed by atoms with E-state index in [-0.39, 0.29) is 18.1 Å². The molecule has 1 aliphatic heterocycles. The molecular formula is C8H15NO3. The van der Waals surface area contributed by atoms with E-state index < -0.39 is 6.09 Å². The summed E-state index contributed by atoms with van der Waals surface area (Å²) in [4.78, 5) is 12.0. The molecule has 70 valence electrons. The van der Waals surface area contributed by atoms with Gasteiger partial charge >= 0.3 is 6.09 Å². The molecule has 0 radical (unpaired) electrons. The van der Waals surface area contributed by atoms with Crippen molar-refractivity contribution < 1.29 is 15.0 Å². The van der Waals surface area contributed by atoms with Gasteiger partial charge in [0, 0.05) is 12.6 Å². The van der Waals surface area contributed by atoms with Gasteiger partial charge in [0.2, 0.25) is 0 Å². The molecule has 0 saturated carbocycles. The van der Waals surface area contributed by atoms with E-state index >= 15 is 0 Å². The molecule has 1 amide bonds. The van der Waals surface area contributed by atoms with Gasteiger partial charge in [-0.15, -0.1) is 0 Å². The monoisotopic (exact) mass is 173 g/mol. The van der Waals surface area contributed by atoms with Crippen LogP contribution in [-0.2, 0) is 0 Å². The first-order chi connectivity index (χ1) is 5.52. The fourth-order valence-electron chi connectivity index (χ4n) is 1.59. The van der Waals surface area contributed by atoms with Gasteiger partial charge in [-0.2, -0.15) is 0 Å². The Labute approximate surface area is 71.8 Å². The molecule has 2 N–H and O–H groups in total. The number of carboxylic acid groups (broad SMARTS) is 1. The van der Waals surface area contributed by atoms with Crippen molar-refractivity contribution in [1.82, 2.24) is 4.90 Å². The fraction of sp³-hybridized carbons (Fsp3) is 0.875. The van der Waals surface area contributed by atoms with Gasteiger partial charge in [0.1, 0.15) is 0 Å². The first-order valence-electron chi connectivity index (χ1n) is 4.20. The van der Waals surface area contributed by atoms with Gasteiger partial charge < -0.3 is 15.1 Å². The van der Waals surface area contributed by atoms with E-state index in [2.05, 4.69) is 0 Å². The zero-order valence-corrected chi connectivity index (χ0v) is 7.40. The van der Waals surface area contributed by atoms with E-state index in [1.807, 2.05) is 13.8 Å². The van der Waals surface area contributed by atoms with Crippen LogP contribution in [0.3, 0.4) is 0 Å². The van der Waals surface area contributed by atoms with Crippen molar-refractivity contribution in [2.75, 3.05) is 6.54 Å². The van der Waals surface area contributed by atoms with Crippen LogP contribution in [0.15, 0.2) is 0 Å². The topological polar surface area (TPSA) is 60.8 Å². The van der Waals surface area contributed by atoms with Crippen LogP contribution >= 0.6 is 0 Å². The molecule has 1 heterocycles. The largest absolute Gasteiger partial charge is 0.465 e. The maximum absolute atomic E-state index is 10.7. The van der Waals surface area contributed by atoms with E-state index in [0.29, 0.717) is 13.0 Å². The quantitative estimate of drug-likeness (QED) is 0.568. The van der Waals surface area contributed by atoms with E-state index in [1.165, 1.54) is 4.90 Å². The highest BCUT2D eigenvalue weighted by atomic mass is 16.4. The molecule has 0 bridgehead atoms. The van der Waals surface area contributed by atoms with Gasteiger partial charge in [0.25, 0.3) is 0 Å². The number of nitrogens with zero attached hydrogens (tertiary/aromatic N) is 1. The number of amides is 1. The van der Waals surface area contributed by atoms with Gasteiger partial charge in [-0.3, -0.25) is 0 Å². The fourth-order valence-corrected chi connectivity index (χ4v) is 1.59. The van der Waals surface area contributed by atoms with Crippen LogP contribution in [0.5, 0.6) is 0 Å². The van der Waals surface area contributed by atoms with Crippen LogP contribution in [0.4, 0.5) is 4.79 Å². The number of aliphatic hydroxyl groups is 1. The second-order valence-corrected chi connectivity index (χ2v) is 3.56. The lowest BCUT2D eigenvalue weighted by Crippen LogP contribution is -2.49. The Morgan fingerprint density at radius 2 is 2.08 bits per heavy atom. The van der Waals surface area contributed by atoms with Crippen molar-refractivity contribution in [2.24, 2.45) is 5.92 Å². The summed E-state index contributed by atoms with van der Waals surface area (Å²) < 4.78 is 0. The minimum absolute atomic E-state index is 0.0531. The Hall–Kier alpha value is -0.770. The van der Waals surface area contributed by atoms with E-state index in [1.54, 1.807) is 0 Å². The predicted octanol–water partition coefficient (Wildman–Crippen LogP) is 0.756. The number of likely N-dealkylation sites (tertiary alicyclic amines) is 1. The first-order valence-corrected chi connectivity index (χ1v) is 4.20. The molecule has 3 atom stereocenters. The number of carbonyl (C=O) groups is 1. The number of aliphatic hydroxyl groups excluding tert-OH is 1. The highest BCUT2D eigenvalue weighted by Gasteiger charge is 2.32. The normalized spacial score (nSPS) is 36.6. The Bertz CT molecular complexity index is 183. The number of rotatable bonds is 0. The second kappa shape index (κ2) is 3.31. The van der Waals surface area contributed by atoms with Crippen LogP contribution in [0.1, 0.15) is 20.3 Å². The SMILES string of the molecule is CC1CN(C(=O)O)C(C)CC1O. The van der Waals surface area contributed by atoms with Gasteiger partial charge in [-0.1, -0.05) is 6.92 Å². The summed E-state index contributed by atoms with van der Waals surface area (Å²) in [6, 6.07) is -0.0614. The maximum atomic E-state index is 10.7. The molecule has 3 unspecified atom stereocenters. The highest BCUT2D eigenvalue weighted by Crippen LogP contribution is 2.21.